The largest absolute Gasteiger partial charge is 0.486 e. The van der Waals surface area contributed by atoms with Gasteiger partial charge < -0.3 is 19.9 Å². The zero-order valence-corrected chi connectivity index (χ0v) is 11.7. The average Bonchev–Trinajstić information content (AvgIpc) is 2.47. The Kier molecular flexibility index (Phi) is 4.66. The molecule has 1 aliphatic heterocycles. The lowest BCUT2D eigenvalue weighted by molar-refractivity contribution is 0.0823. The summed E-state index contributed by atoms with van der Waals surface area (Å²) in [6, 6.07) is 7.72. The van der Waals surface area contributed by atoms with E-state index in [2.05, 4.69) is 19.2 Å². The van der Waals surface area contributed by atoms with E-state index in [1.54, 1.807) is 0 Å². The molecule has 0 bridgehead atoms. The fraction of sp³-hybridized carbons (Fsp3) is 0.600. The number of nitrogens with one attached hydrogen (secondary N) is 1. The maximum absolute atomic E-state index is 9.36. The fourth-order valence-corrected chi connectivity index (χ4v) is 1.99. The highest BCUT2D eigenvalue weighted by Gasteiger charge is 2.23. The third-order valence-corrected chi connectivity index (χ3v) is 3.73. The van der Waals surface area contributed by atoms with Crippen molar-refractivity contribution in [3.05, 3.63) is 24.3 Å². The topological polar surface area (TPSA) is 50.7 Å². The number of ether oxygens (including phenoxy) is 2. The summed E-state index contributed by atoms with van der Waals surface area (Å²) in [5.41, 5.74) is -0.0621. The molecule has 0 amide bonds. The number of hydrogen-bond acceptors (Lipinski definition) is 4. The number of fused-ring (bicyclic) bond motifs is 1. The van der Waals surface area contributed by atoms with Gasteiger partial charge in [-0.2, -0.15) is 0 Å². The smallest absolute Gasteiger partial charge is 0.161 e. The third kappa shape index (κ3) is 3.61. The van der Waals surface area contributed by atoms with Crippen LogP contribution in [-0.2, 0) is 0 Å². The van der Waals surface area contributed by atoms with Crippen LogP contribution in [0.4, 0.5) is 0 Å². The highest BCUT2D eigenvalue weighted by atomic mass is 16.6. The first-order valence-corrected chi connectivity index (χ1v) is 6.87. The van der Waals surface area contributed by atoms with Crippen molar-refractivity contribution in [2.24, 2.45) is 5.41 Å². The Bertz CT molecular complexity index is 404. The van der Waals surface area contributed by atoms with Crippen LogP contribution in [0, 0.1) is 5.41 Å². The van der Waals surface area contributed by atoms with Gasteiger partial charge in [-0.05, 0) is 18.6 Å². The molecule has 0 saturated carbocycles. The van der Waals surface area contributed by atoms with Crippen molar-refractivity contribution >= 4 is 0 Å². The van der Waals surface area contributed by atoms with Gasteiger partial charge in [0.05, 0.1) is 0 Å². The molecule has 19 heavy (non-hydrogen) atoms. The van der Waals surface area contributed by atoms with Gasteiger partial charge in [0.2, 0.25) is 0 Å². The number of para-hydroxylation sites is 2. The Labute approximate surface area is 114 Å². The van der Waals surface area contributed by atoms with Crippen molar-refractivity contribution in [3.63, 3.8) is 0 Å². The minimum atomic E-state index is -0.0621. The van der Waals surface area contributed by atoms with Gasteiger partial charge in [0.1, 0.15) is 12.7 Å². The SMILES string of the molecule is CCC(C)(CO)CNCC1COc2ccccc2O1. The maximum atomic E-state index is 9.36. The summed E-state index contributed by atoms with van der Waals surface area (Å²) >= 11 is 0. The molecule has 2 atom stereocenters. The molecule has 0 fully saturated rings. The van der Waals surface area contributed by atoms with Crippen molar-refractivity contribution < 1.29 is 14.6 Å². The summed E-state index contributed by atoms with van der Waals surface area (Å²) in [6.45, 7) is 6.43. The summed E-state index contributed by atoms with van der Waals surface area (Å²) in [4.78, 5) is 0. The van der Waals surface area contributed by atoms with Gasteiger partial charge in [0.25, 0.3) is 0 Å². The van der Waals surface area contributed by atoms with Crippen LogP contribution in [0.3, 0.4) is 0 Å². The molecule has 0 spiro atoms. The second-order valence-electron chi connectivity index (χ2n) is 5.45. The molecule has 1 aliphatic rings. The van der Waals surface area contributed by atoms with Crippen LogP contribution in [-0.4, -0.2) is 37.5 Å². The molecular weight excluding hydrogens is 242 g/mol. The molecule has 0 saturated heterocycles. The Morgan fingerprint density at radius 2 is 2.11 bits per heavy atom. The Morgan fingerprint density at radius 1 is 1.37 bits per heavy atom. The van der Waals surface area contributed by atoms with Gasteiger partial charge in [0.15, 0.2) is 11.5 Å². The van der Waals surface area contributed by atoms with Crippen molar-refractivity contribution in [3.8, 4) is 11.5 Å². The van der Waals surface area contributed by atoms with E-state index in [0.717, 1.165) is 31.0 Å². The first kappa shape index (κ1) is 14.2. The highest BCUT2D eigenvalue weighted by molar-refractivity contribution is 5.40. The summed E-state index contributed by atoms with van der Waals surface area (Å²) < 4.78 is 11.5. The minimum absolute atomic E-state index is 0.0229. The van der Waals surface area contributed by atoms with Gasteiger partial charge in [0, 0.05) is 25.1 Å². The van der Waals surface area contributed by atoms with Crippen molar-refractivity contribution in [1.29, 1.82) is 0 Å². The van der Waals surface area contributed by atoms with Gasteiger partial charge in [-0.25, -0.2) is 0 Å². The molecule has 2 unspecified atom stereocenters. The second-order valence-corrected chi connectivity index (χ2v) is 5.45. The molecule has 2 rings (SSSR count). The number of benzene rings is 1. The zero-order valence-electron chi connectivity index (χ0n) is 11.7. The van der Waals surface area contributed by atoms with Crippen LogP contribution in [0.5, 0.6) is 11.5 Å². The van der Waals surface area contributed by atoms with E-state index in [9.17, 15) is 5.11 Å². The van der Waals surface area contributed by atoms with Crippen LogP contribution in [0.15, 0.2) is 24.3 Å². The molecule has 0 aliphatic carbocycles. The number of rotatable bonds is 6. The van der Waals surface area contributed by atoms with E-state index < -0.39 is 0 Å². The van der Waals surface area contributed by atoms with Crippen molar-refractivity contribution in [2.45, 2.75) is 26.4 Å². The standard InChI is InChI=1S/C15H23NO3/c1-3-15(2,11-17)10-16-8-12-9-18-13-6-4-5-7-14(13)19-12/h4-7,12,16-17H,3,8-11H2,1-2H3. The van der Waals surface area contributed by atoms with E-state index in [0.29, 0.717) is 6.61 Å². The van der Waals surface area contributed by atoms with Crippen molar-refractivity contribution in [1.82, 2.24) is 5.32 Å². The van der Waals surface area contributed by atoms with Gasteiger partial charge in [-0.3, -0.25) is 0 Å². The normalized spacial score (nSPS) is 20.9. The van der Waals surface area contributed by atoms with E-state index in [-0.39, 0.29) is 18.1 Å². The molecule has 0 radical (unpaired) electrons. The predicted octanol–water partition coefficient (Wildman–Crippen LogP) is 1.82. The number of hydrogen-bond donors (Lipinski definition) is 2. The Morgan fingerprint density at radius 3 is 2.79 bits per heavy atom. The first-order valence-electron chi connectivity index (χ1n) is 6.87. The van der Waals surface area contributed by atoms with E-state index in [1.165, 1.54) is 0 Å². The number of aliphatic hydroxyl groups excluding tert-OH is 1. The Hall–Kier alpha value is -1.26. The lowest BCUT2D eigenvalue weighted by atomic mass is 9.88. The van der Waals surface area contributed by atoms with Crippen LogP contribution >= 0.6 is 0 Å². The summed E-state index contributed by atoms with van der Waals surface area (Å²) in [5.74, 6) is 1.62. The van der Waals surface area contributed by atoms with Gasteiger partial charge in [-0.1, -0.05) is 26.0 Å². The molecule has 106 valence electrons. The quantitative estimate of drug-likeness (QED) is 0.824. The molecule has 2 N–H and O–H groups in total. The third-order valence-electron chi connectivity index (χ3n) is 3.73. The van der Waals surface area contributed by atoms with Crippen LogP contribution in [0.2, 0.25) is 0 Å². The lowest BCUT2D eigenvalue weighted by Crippen LogP contribution is -2.42. The Balaban J connectivity index is 1.80. The fourth-order valence-electron chi connectivity index (χ4n) is 1.99. The van der Waals surface area contributed by atoms with E-state index >= 15 is 0 Å². The molecule has 1 heterocycles. The molecule has 1 aromatic rings. The monoisotopic (exact) mass is 265 g/mol. The predicted molar refractivity (Wildman–Crippen MR) is 74.7 cm³/mol. The maximum Gasteiger partial charge on any atom is 0.161 e. The van der Waals surface area contributed by atoms with Crippen LogP contribution < -0.4 is 14.8 Å². The number of aliphatic hydroxyl groups is 1. The highest BCUT2D eigenvalue weighted by Crippen LogP contribution is 2.30. The second kappa shape index (κ2) is 6.26. The average molecular weight is 265 g/mol. The van der Waals surface area contributed by atoms with Crippen molar-refractivity contribution in [2.75, 3.05) is 26.3 Å². The molecule has 0 aromatic heterocycles. The molecule has 1 aromatic carbocycles. The molecule has 4 heteroatoms. The minimum Gasteiger partial charge on any atom is -0.486 e. The van der Waals surface area contributed by atoms with E-state index in [1.807, 2.05) is 24.3 Å². The zero-order chi connectivity index (χ0) is 13.7. The van der Waals surface area contributed by atoms with E-state index in [4.69, 9.17) is 9.47 Å². The summed E-state index contributed by atoms with van der Waals surface area (Å²) in [6.07, 6.45) is 0.969. The molecular formula is C15H23NO3. The summed E-state index contributed by atoms with van der Waals surface area (Å²) in [7, 11) is 0. The molecule has 4 nitrogen and oxygen atoms in total. The van der Waals surface area contributed by atoms with Crippen LogP contribution in [0.25, 0.3) is 0 Å². The van der Waals surface area contributed by atoms with Gasteiger partial charge in [-0.15, -0.1) is 0 Å². The van der Waals surface area contributed by atoms with Crippen LogP contribution in [0.1, 0.15) is 20.3 Å². The first-order chi connectivity index (χ1) is 9.17. The lowest BCUT2D eigenvalue weighted by Gasteiger charge is -2.29. The summed E-state index contributed by atoms with van der Waals surface area (Å²) in [5, 5.41) is 12.7. The van der Waals surface area contributed by atoms with Gasteiger partial charge >= 0.3 is 0 Å².